The molecule has 1 aromatic rings. The maximum atomic E-state index is 13.3. The van der Waals surface area contributed by atoms with E-state index in [0.29, 0.717) is 0 Å². The predicted octanol–water partition coefficient (Wildman–Crippen LogP) is 5.25. The van der Waals surface area contributed by atoms with E-state index in [1.54, 1.807) is 0 Å². The van der Waals surface area contributed by atoms with E-state index >= 15 is 0 Å². The zero-order chi connectivity index (χ0) is 16.5. The SMILES string of the molecule is COC(CC(F)(F)C(F)(F)C(F)(F)F)c1ccc(Cl)cc1. The van der Waals surface area contributed by atoms with E-state index < -0.39 is 30.5 Å². The summed E-state index contributed by atoms with van der Waals surface area (Å²) in [5.41, 5.74) is 0.0135. The Morgan fingerprint density at radius 3 is 1.86 bits per heavy atom. The van der Waals surface area contributed by atoms with Crippen LogP contribution in [0.15, 0.2) is 24.3 Å². The van der Waals surface area contributed by atoms with Crippen LogP contribution in [0.3, 0.4) is 0 Å². The molecular formula is C12H10ClF7O. The number of hydrogen-bond donors (Lipinski definition) is 0. The number of alkyl halides is 7. The van der Waals surface area contributed by atoms with Crippen LogP contribution in [-0.2, 0) is 4.74 Å². The predicted molar refractivity (Wildman–Crippen MR) is 61.8 cm³/mol. The van der Waals surface area contributed by atoms with E-state index in [-0.39, 0.29) is 10.6 Å². The second kappa shape index (κ2) is 6.00. The normalized spacial score (nSPS) is 15.1. The molecule has 0 N–H and O–H groups in total. The Balaban J connectivity index is 3.02. The molecule has 0 saturated heterocycles. The van der Waals surface area contributed by atoms with Gasteiger partial charge >= 0.3 is 18.0 Å². The molecule has 1 atom stereocenters. The Labute approximate surface area is 120 Å². The van der Waals surface area contributed by atoms with Crippen molar-refractivity contribution in [3.63, 3.8) is 0 Å². The lowest BCUT2D eigenvalue weighted by Gasteiger charge is -2.30. The van der Waals surface area contributed by atoms with Gasteiger partial charge in [-0.1, -0.05) is 23.7 Å². The van der Waals surface area contributed by atoms with Crippen molar-refractivity contribution in [3.05, 3.63) is 34.9 Å². The fourth-order valence-electron chi connectivity index (χ4n) is 1.58. The molecule has 0 heterocycles. The molecule has 1 nitrogen and oxygen atoms in total. The van der Waals surface area contributed by atoms with Gasteiger partial charge in [-0.3, -0.25) is 0 Å². The third kappa shape index (κ3) is 3.79. The van der Waals surface area contributed by atoms with Crippen molar-refractivity contribution in [2.24, 2.45) is 0 Å². The lowest BCUT2D eigenvalue weighted by atomic mass is 9.98. The Morgan fingerprint density at radius 2 is 1.48 bits per heavy atom. The maximum Gasteiger partial charge on any atom is 0.459 e. The molecule has 1 aromatic carbocycles. The summed E-state index contributed by atoms with van der Waals surface area (Å²) in [6, 6.07) is 4.97. The summed E-state index contributed by atoms with van der Waals surface area (Å²) >= 11 is 5.57. The minimum Gasteiger partial charge on any atom is -0.377 e. The topological polar surface area (TPSA) is 9.23 Å². The molecule has 0 spiro atoms. The van der Waals surface area contributed by atoms with Gasteiger partial charge in [0.2, 0.25) is 0 Å². The van der Waals surface area contributed by atoms with Crippen LogP contribution in [-0.4, -0.2) is 25.1 Å². The highest BCUT2D eigenvalue weighted by Gasteiger charge is 2.73. The van der Waals surface area contributed by atoms with Gasteiger partial charge in [-0.25, -0.2) is 0 Å². The molecule has 0 aromatic heterocycles. The van der Waals surface area contributed by atoms with Gasteiger partial charge < -0.3 is 4.74 Å². The van der Waals surface area contributed by atoms with Crippen LogP contribution >= 0.6 is 11.6 Å². The standard InChI is InChI=1S/C12H10ClF7O/c1-21-9(7-2-4-8(13)5-3-7)6-10(14,15)11(16,17)12(18,19)20/h2-5,9H,6H2,1H3. The van der Waals surface area contributed by atoms with Crippen molar-refractivity contribution in [1.82, 2.24) is 0 Å². The summed E-state index contributed by atoms with van der Waals surface area (Å²) in [5.74, 6) is -11.5. The maximum absolute atomic E-state index is 13.3. The first-order chi connectivity index (χ1) is 9.42. The summed E-state index contributed by atoms with van der Waals surface area (Å²) in [7, 11) is 0.932. The average molecular weight is 339 g/mol. The van der Waals surface area contributed by atoms with Gasteiger partial charge in [0.05, 0.1) is 6.10 Å². The zero-order valence-electron chi connectivity index (χ0n) is 10.5. The number of hydrogen-bond acceptors (Lipinski definition) is 1. The minimum atomic E-state index is -6.35. The smallest absolute Gasteiger partial charge is 0.377 e. The fourth-order valence-corrected chi connectivity index (χ4v) is 1.71. The average Bonchev–Trinajstić information content (AvgIpc) is 2.35. The number of halogens is 8. The molecule has 0 aliphatic rings. The number of benzene rings is 1. The van der Waals surface area contributed by atoms with Crippen molar-refractivity contribution in [1.29, 1.82) is 0 Å². The van der Waals surface area contributed by atoms with Gasteiger partial charge in [-0.05, 0) is 17.7 Å². The quantitative estimate of drug-likeness (QED) is 0.666. The van der Waals surface area contributed by atoms with Gasteiger partial charge in [-0.2, -0.15) is 30.7 Å². The van der Waals surface area contributed by atoms with Gasteiger partial charge in [-0.15, -0.1) is 0 Å². The van der Waals surface area contributed by atoms with Crippen molar-refractivity contribution >= 4 is 11.6 Å². The molecular weight excluding hydrogens is 329 g/mol. The largest absolute Gasteiger partial charge is 0.459 e. The first-order valence-corrected chi connectivity index (χ1v) is 5.91. The molecule has 1 rings (SSSR count). The molecule has 0 aliphatic carbocycles. The van der Waals surface area contributed by atoms with Crippen LogP contribution in [0.2, 0.25) is 5.02 Å². The van der Waals surface area contributed by atoms with E-state index in [1.165, 1.54) is 24.3 Å². The fraction of sp³-hybridized carbons (Fsp3) is 0.500. The molecule has 0 aliphatic heterocycles. The number of ether oxygens (including phenoxy) is 1. The lowest BCUT2D eigenvalue weighted by molar-refractivity contribution is -0.358. The van der Waals surface area contributed by atoms with Crippen LogP contribution < -0.4 is 0 Å². The van der Waals surface area contributed by atoms with Crippen LogP contribution in [0.1, 0.15) is 18.1 Å². The van der Waals surface area contributed by atoms with Crippen molar-refractivity contribution < 1.29 is 35.5 Å². The molecule has 9 heteroatoms. The Morgan fingerprint density at radius 1 is 1.00 bits per heavy atom. The second-order valence-electron chi connectivity index (χ2n) is 4.26. The molecule has 0 amide bonds. The van der Waals surface area contributed by atoms with Crippen molar-refractivity contribution in [2.45, 2.75) is 30.5 Å². The number of rotatable bonds is 5. The van der Waals surface area contributed by atoms with E-state index in [0.717, 1.165) is 7.11 Å². The third-order valence-corrected chi connectivity index (χ3v) is 3.04. The van der Waals surface area contributed by atoms with E-state index in [2.05, 4.69) is 4.74 Å². The first-order valence-electron chi connectivity index (χ1n) is 5.53. The molecule has 0 bridgehead atoms. The molecule has 1 unspecified atom stereocenters. The molecule has 21 heavy (non-hydrogen) atoms. The van der Waals surface area contributed by atoms with Crippen LogP contribution in [0.5, 0.6) is 0 Å². The molecule has 0 saturated carbocycles. The number of methoxy groups -OCH3 is 1. The van der Waals surface area contributed by atoms with Gasteiger partial charge in [0.15, 0.2) is 0 Å². The van der Waals surface area contributed by atoms with Gasteiger partial charge in [0, 0.05) is 18.6 Å². The minimum absolute atomic E-state index is 0.0135. The van der Waals surface area contributed by atoms with Crippen LogP contribution in [0, 0.1) is 0 Å². The molecule has 0 fully saturated rings. The monoisotopic (exact) mass is 338 g/mol. The lowest BCUT2D eigenvalue weighted by Crippen LogP contribution is -2.52. The summed E-state index contributed by atoms with van der Waals surface area (Å²) in [6.07, 6.45) is -9.81. The molecule has 120 valence electrons. The second-order valence-corrected chi connectivity index (χ2v) is 4.69. The summed E-state index contributed by atoms with van der Waals surface area (Å²) in [6.45, 7) is 0. The summed E-state index contributed by atoms with van der Waals surface area (Å²) in [4.78, 5) is 0. The van der Waals surface area contributed by atoms with Crippen LogP contribution in [0.4, 0.5) is 30.7 Å². The third-order valence-electron chi connectivity index (χ3n) is 2.78. The van der Waals surface area contributed by atoms with E-state index in [4.69, 9.17) is 11.6 Å². The first kappa shape index (κ1) is 18.0. The Kier molecular flexibility index (Phi) is 5.15. The van der Waals surface area contributed by atoms with Gasteiger partial charge in [0.25, 0.3) is 0 Å². The Bertz CT molecular complexity index is 469. The summed E-state index contributed by atoms with van der Waals surface area (Å²) in [5, 5.41) is 0.251. The van der Waals surface area contributed by atoms with Gasteiger partial charge in [0.1, 0.15) is 0 Å². The Hall–Kier alpha value is -1.02. The van der Waals surface area contributed by atoms with E-state index in [1.807, 2.05) is 0 Å². The highest BCUT2D eigenvalue weighted by atomic mass is 35.5. The highest BCUT2D eigenvalue weighted by molar-refractivity contribution is 6.30. The van der Waals surface area contributed by atoms with E-state index in [9.17, 15) is 30.7 Å². The summed E-state index contributed by atoms with van der Waals surface area (Å²) < 4.78 is 93.1. The van der Waals surface area contributed by atoms with Crippen molar-refractivity contribution in [2.75, 3.05) is 7.11 Å². The van der Waals surface area contributed by atoms with Crippen molar-refractivity contribution in [3.8, 4) is 0 Å². The highest BCUT2D eigenvalue weighted by Crippen LogP contribution is 2.50. The van der Waals surface area contributed by atoms with Crippen LogP contribution in [0.25, 0.3) is 0 Å². The molecule has 0 radical (unpaired) electrons. The zero-order valence-corrected chi connectivity index (χ0v) is 11.3.